The Kier molecular flexibility index (Phi) is 5.96. The van der Waals surface area contributed by atoms with Crippen LogP contribution in [0.1, 0.15) is 19.5 Å². The maximum absolute atomic E-state index is 4.81. The molecule has 0 aliphatic carbocycles. The summed E-state index contributed by atoms with van der Waals surface area (Å²) in [4.78, 5) is 9.88. The zero-order valence-electron chi connectivity index (χ0n) is 14.7. The molecule has 0 unspecified atom stereocenters. The third-order valence-electron chi connectivity index (χ3n) is 3.60. The van der Waals surface area contributed by atoms with Crippen molar-refractivity contribution in [3.05, 3.63) is 81.2 Å². The van der Waals surface area contributed by atoms with E-state index in [2.05, 4.69) is 50.0 Å². The lowest BCUT2D eigenvalue weighted by atomic mass is 10.2. The molecule has 0 amide bonds. The summed E-state index contributed by atoms with van der Waals surface area (Å²) in [5.74, 6) is 0. The molecule has 0 N–H and O–H groups in total. The number of hydrogen-bond donors (Lipinski definition) is 0. The first kappa shape index (κ1) is 18.5. The number of benzene rings is 1. The normalized spacial score (nSPS) is 12.4. The Morgan fingerprint density at radius 2 is 1.96 bits per heavy atom. The predicted octanol–water partition coefficient (Wildman–Crippen LogP) is 5.12. The summed E-state index contributed by atoms with van der Waals surface area (Å²) >= 11 is 5.06. The van der Waals surface area contributed by atoms with Crippen molar-refractivity contribution < 1.29 is 0 Å². The zero-order valence-corrected chi connectivity index (χ0v) is 17.1. The van der Waals surface area contributed by atoms with Crippen LogP contribution in [0.15, 0.2) is 80.8 Å². The van der Waals surface area contributed by atoms with Gasteiger partial charge >= 0.3 is 0 Å². The highest BCUT2D eigenvalue weighted by molar-refractivity contribution is 9.10. The summed E-state index contributed by atoms with van der Waals surface area (Å²) in [6.07, 6.45) is 1.77. The molecule has 0 saturated carbocycles. The lowest BCUT2D eigenvalue weighted by molar-refractivity contribution is 0.829. The van der Waals surface area contributed by atoms with Gasteiger partial charge in [-0.25, -0.2) is 4.68 Å². The molecule has 3 rings (SSSR count). The van der Waals surface area contributed by atoms with E-state index in [1.54, 1.807) is 17.5 Å². The number of pyridine rings is 1. The summed E-state index contributed by atoms with van der Waals surface area (Å²) in [6.45, 7) is 8.45. The Hall–Kier alpha value is -2.31. The van der Waals surface area contributed by atoms with E-state index in [0.29, 0.717) is 6.54 Å². The van der Waals surface area contributed by atoms with Crippen molar-refractivity contribution in [2.45, 2.75) is 13.8 Å². The van der Waals surface area contributed by atoms with Crippen molar-refractivity contribution in [1.82, 2.24) is 9.66 Å². The van der Waals surface area contributed by atoms with Gasteiger partial charge in [-0.15, -0.1) is 11.3 Å². The molecule has 1 aromatic carbocycles. The van der Waals surface area contributed by atoms with Gasteiger partial charge in [0.25, 0.3) is 0 Å². The fraction of sp³-hybridized carbons (Fsp3) is 0.150. The largest absolute Gasteiger partial charge is 0.255 e. The van der Waals surface area contributed by atoms with Gasteiger partial charge in [-0.05, 0) is 38.1 Å². The van der Waals surface area contributed by atoms with Crippen LogP contribution in [0.25, 0.3) is 11.3 Å². The highest BCUT2D eigenvalue weighted by Gasteiger charge is 2.09. The molecule has 0 aliphatic rings. The Bertz CT molecular complexity index is 998. The van der Waals surface area contributed by atoms with E-state index in [1.165, 1.54) is 0 Å². The molecule has 6 heteroatoms. The van der Waals surface area contributed by atoms with Crippen LogP contribution in [0.2, 0.25) is 0 Å². The molecule has 0 saturated heterocycles. The summed E-state index contributed by atoms with van der Waals surface area (Å²) in [7, 11) is 0. The van der Waals surface area contributed by atoms with Crippen LogP contribution in [-0.2, 0) is 0 Å². The fourth-order valence-electron chi connectivity index (χ4n) is 2.30. The van der Waals surface area contributed by atoms with Gasteiger partial charge in [0.05, 0.1) is 23.6 Å². The van der Waals surface area contributed by atoms with Crippen molar-refractivity contribution in [2.24, 2.45) is 10.1 Å². The topological polar surface area (TPSA) is 42.5 Å². The minimum Gasteiger partial charge on any atom is -0.255 e. The number of rotatable bonds is 5. The molecule has 4 nitrogen and oxygen atoms in total. The second-order valence-electron chi connectivity index (χ2n) is 5.90. The molecule has 0 aliphatic heterocycles. The molecule has 2 heterocycles. The fourth-order valence-corrected chi connectivity index (χ4v) is 3.40. The van der Waals surface area contributed by atoms with E-state index in [0.717, 1.165) is 37.5 Å². The molecule has 2 aromatic heterocycles. The summed E-state index contributed by atoms with van der Waals surface area (Å²) < 4.78 is 2.93. The smallest absolute Gasteiger partial charge is 0.206 e. The lowest BCUT2D eigenvalue weighted by Gasteiger charge is -2.06. The van der Waals surface area contributed by atoms with Gasteiger partial charge in [0.1, 0.15) is 0 Å². The van der Waals surface area contributed by atoms with Gasteiger partial charge in [0.2, 0.25) is 4.80 Å². The molecule has 132 valence electrons. The first-order valence-corrected chi connectivity index (χ1v) is 9.80. The van der Waals surface area contributed by atoms with Gasteiger partial charge in [-0.1, -0.05) is 46.3 Å². The number of halogens is 1. The van der Waals surface area contributed by atoms with Gasteiger partial charge in [-0.3, -0.25) is 9.98 Å². The Labute approximate surface area is 165 Å². The van der Waals surface area contributed by atoms with Gasteiger partial charge < -0.3 is 0 Å². The van der Waals surface area contributed by atoms with Crippen molar-refractivity contribution in [2.75, 3.05) is 6.54 Å². The zero-order chi connectivity index (χ0) is 18.5. The monoisotopic (exact) mass is 426 g/mol. The average Bonchev–Trinajstić information content (AvgIpc) is 3.04. The van der Waals surface area contributed by atoms with Gasteiger partial charge in [0, 0.05) is 21.6 Å². The van der Waals surface area contributed by atoms with E-state index >= 15 is 0 Å². The number of aromatic nitrogens is 2. The molecule has 3 aromatic rings. The van der Waals surface area contributed by atoms with Crippen LogP contribution in [0.3, 0.4) is 0 Å². The van der Waals surface area contributed by atoms with Crippen molar-refractivity contribution in [3.8, 4) is 11.3 Å². The molecule has 0 bridgehead atoms. The average molecular weight is 427 g/mol. The number of nitrogens with zero attached hydrogens (tertiary/aromatic N) is 4. The van der Waals surface area contributed by atoms with Gasteiger partial charge in [0.15, 0.2) is 0 Å². The first-order valence-electron chi connectivity index (χ1n) is 8.13. The molecule has 0 spiro atoms. The van der Waals surface area contributed by atoms with Crippen molar-refractivity contribution >= 4 is 33.0 Å². The maximum atomic E-state index is 4.81. The molecule has 26 heavy (non-hydrogen) atoms. The summed E-state index contributed by atoms with van der Waals surface area (Å²) in [5.41, 5.74) is 4.77. The second-order valence-corrected chi connectivity index (χ2v) is 7.65. The molecule has 0 fully saturated rings. The van der Waals surface area contributed by atoms with Crippen LogP contribution >= 0.6 is 27.3 Å². The second kappa shape index (κ2) is 8.38. The Balaban J connectivity index is 2.13. The molecule has 0 radical (unpaired) electrons. The van der Waals surface area contributed by atoms with E-state index in [-0.39, 0.29) is 0 Å². The first-order chi connectivity index (χ1) is 12.5. The minimum absolute atomic E-state index is 0.582. The Morgan fingerprint density at radius 3 is 2.62 bits per heavy atom. The highest BCUT2D eigenvalue weighted by atomic mass is 79.9. The SMILES string of the molecule is C=C(C)CN=c1scc(-c2ccc(Br)cc2)n1N=C(C)c1ccccn1. The van der Waals surface area contributed by atoms with E-state index in [1.807, 2.05) is 48.9 Å². The summed E-state index contributed by atoms with van der Waals surface area (Å²) in [5, 5.41) is 6.89. The molecular formula is C20H19BrN4S. The predicted molar refractivity (Wildman–Crippen MR) is 113 cm³/mol. The highest BCUT2D eigenvalue weighted by Crippen LogP contribution is 2.22. The van der Waals surface area contributed by atoms with Crippen LogP contribution < -0.4 is 4.80 Å². The minimum atomic E-state index is 0.582. The van der Waals surface area contributed by atoms with Crippen molar-refractivity contribution in [3.63, 3.8) is 0 Å². The van der Waals surface area contributed by atoms with Crippen LogP contribution in [0, 0.1) is 0 Å². The van der Waals surface area contributed by atoms with Crippen LogP contribution in [-0.4, -0.2) is 21.9 Å². The number of hydrogen-bond acceptors (Lipinski definition) is 4. The third-order valence-corrected chi connectivity index (χ3v) is 4.98. The quantitative estimate of drug-likeness (QED) is 0.412. The lowest BCUT2D eigenvalue weighted by Crippen LogP contribution is -2.15. The van der Waals surface area contributed by atoms with E-state index in [9.17, 15) is 0 Å². The summed E-state index contributed by atoms with van der Waals surface area (Å²) in [6, 6.07) is 14.0. The van der Waals surface area contributed by atoms with E-state index < -0.39 is 0 Å². The number of thiazole rings is 1. The third kappa shape index (κ3) is 4.45. The molecular weight excluding hydrogens is 408 g/mol. The van der Waals surface area contributed by atoms with Crippen LogP contribution in [0.5, 0.6) is 0 Å². The maximum Gasteiger partial charge on any atom is 0.206 e. The van der Waals surface area contributed by atoms with Gasteiger partial charge in [-0.2, -0.15) is 5.10 Å². The Morgan fingerprint density at radius 1 is 1.19 bits per heavy atom. The van der Waals surface area contributed by atoms with Crippen LogP contribution in [0.4, 0.5) is 0 Å². The molecule has 0 atom stereocenters. The van der Waals surface area contributed by atoms with Crippen molar-refractivity contribution in [1.29, 1.82) is 0 Å². The van der Waals surface area contributed by atoms with E-state index in [4.69, 9.17) is 5.10 Å². The standard InChI is InChI=1S/C20H19BrN4S/c1-14(2)12-23-20-25(24-15(3)18-6-4-5-11-22-18)19(13-26-20)16-7-9-17(21)10-8-16/h4-11,13H,1,12H2,2-3H3.